The summed E-state index contributed by atoms with van der Waals surface area (Å²) in [6, 6.07) is 9.32. The van der Waals surface area contributed by atoms with Crippen molar-refractivity contribution in [2.45, 2.75) is 26.7 Å². The molecule has 2 N–H and O–H groups in total. The molecule has 2 rings (SSSR count). The van der Waals surface area contributed by atoms with Crippen molar-refractivity contribution >= 4 is 47.5 Å². The fourth-order valence-corrected chi connectivity index (χ4v) is 2.88. The van der Waals surface area contributed by atoms with E-state index in [1.54, 1.807) is 0 Å². The zero-order valence-corrected chi connectivity index (χ0v) is 18.3. The predicted molar refractivity (Wildman–Crippen MR) is 117 cm³/mol. The number of rotatable bonds is 6. The molecule has 0 aliphatic carbocycles. The van der Waals surface area contributed by atoms with Crippen molar-refractivity contribution in [2.24, 2.45) is 10.9 Å². The van der Waals surface area contributed by atoms with Crippen molar-refractivity contribution in [2.75, 3.05) is 38.1 Å². The van der Waals surface area contributed by atoms with Crippen LogP contribution in [0.2, 0.25) is 0 Å². The Kier molecular flexibility index (Phi) is 10.8. The summed E-state index contributed by atoms with van der Waals surface area (Å²) in [5, 5.41) is 6.05. The third kappa shape index (κ3) is 7.74. The van der Waals surface area contributed by atoms with Gasteiger partial charge in [0, 0.05) is 25.3 Å². The topological polar surface area (TPSA) is 83.0 Å². The summed E-state index contributed by atoms with van der Waals surface area (Å²) < 4.78 is 5.10. The van der Waals surface area contributed by atoms with Gasteiger partial charge in [-0.1, -0.05) is 18.2 Å². The van der Waals surface area contributed by atoms with Crippen LogP contribution in [0.5, 0.6) is 0 Å². The number of hydrogen-bond donors (Lipinski definition) is 2. The van der Waals surface area contributed by atoms with Crippen LogP contribution in [0.1, 0.15) is 26.7 Å². The maximum atomic E-state index is 12.1. The van der Waals surface area contributed by atoms with Gasteiger partial charge in [0.25, 0.3) is 0 Å². The normalized spacial score (nSPS) is 14.9. The van der Waals surface area contributed by atoms with Crippen LogP contribution in [-0.2, 0) is 14.3 Å². The number of nitrogens with one attached hydrogen (secondary N) is 2. The second-order valence-electron chi connectivity index (χ2n) is 6.10. The predicted octanol–water partition coefficient (Wildman–Crippen LogP) is 2.48. The first-order chi connectivity index (χ1) is 12.6. The van der Waals surface area contributed by atoms with Gasteiger partial charge in [0.15, 0.2) is 5.96 Å². The minimum absolute atomic E-state index is 0. The molecule has 27 heavy (non-hydrogen) atoms. The number of para-hydroxylation sites is 1. The summed E-state index contributed by atoms with van der Waals surface area (Å²) in [5.41, 5.74) is 0.757. The number of ether oxygens (including phenoxy) is 1. The van der Waals surface area contributed by atoms with Crippen LogP contribution in [0.4, 0.5) is 5.69 Å². The van der Waals surface area contributed by atoms with Gasteiger partial charge in [0.05, 0.1) is 12.5 Å². The standard InChI is InChI=1S/C19H28N4O3.HI/c1-3-20-19(21-14-17(24)22-16-8-6-5-7-9-16)23-12-10-15(11-13-23)18(25)26-4-2;/h5-9,15H,3-4,10-14H2,1-2H3,(H,20,21)(H,22,24);1H. The van der Waals surface area contributed by atoms with Crippen LogP contribution in [-0.4, -0.2) is 55.5 Å². The number of esters is 1. The molecule has 0 aromatic heterocycles. The number of carbonyl (C=O) groups is 2. The van der Waals surface area contributed by atoms with Crippen molar-refractivity contribution in [3.63, 3.8) is 0 Å². The van der Waals surface area contributed by atoms with Crippen LogP contribution in [0.3, 0.4) is 0 Å². The van der Waals surface area contributed by atoms with Gasteiger partial charge < -0.3 is 20.3 Å². The molecule has 1 amide bonds. The molecule has 1 heterocycles. The Labute approximate surface area is 178 Å². The summed E-state index contributed by atoms with van der Waals surface area (Å²) in [6.45, 7) is 6.44. The average molecular weight is 488 g/mol. The largest absolute Gasteiger partial charge is 0.466 e. The van der Waals surface area contributed by atoms with E-state index in [0.29, 0.717) is 12.6 Å². The van der Waals surface area contributed by atoms with Crippen LogP contribution in [0.15, 0.2) is 35.3 Å². The van der Waals surface area contributed by atoms with Gasteiger partial charge in [0.2, 0.25) is 5.91 Å². The number of likely N-dealkylation sites (tertiary alicyclic amines) is 1. The average Bonchev–Trinajstić information content (AvgIpc) is 2.66. The fourth-order valence-electron chi connectivity index (χ4n) is 2.88. The highest BCUT2D eigenvalue weighted by atomic mass is 127. The van der Waals surface area contributed by atoms with Crippen molar-refractivity contribution in [3.05, 3.63) is 30.3 Å². The number of aliphatic imine (C=N–C) groups is 1. The van der Waals surface area contributed by atoms with Crippen molar-refractivity contribution in [1.82, 2.24) is 10.2 Å². The highest BCUT2D eigenvalue weighted by molar-refractivity contribution is 14.0. The van der Waals surface area contributed by atoms with Gasteiger partial charge in [-0.05, 0) is 38.8 Å². The summed E-state index contributed by atoms with van der Waals surface area (Å²) >= 11 is 0. The van der Waals surface area contributed by atoms with Crippen molar-refractivity contribution in [3.8, 4) is 0 Å². The molecule has 1 aliphatic heterocycles. The van der Waals surface area contributed by atoms with E-state index in [0.717, 1.165) is 38.2 Å². The SMILES string of the molecule is CCNC(=NCC(=O)Nc1ccccc1)N1CCC(C(=O)OCC)CC1.I. The molecule has 150 valence electrons. The highest BCUT2D eigenvalue weighted by Gasteiger charge is 2.27. The van der Waals surface area contributed by atoms with E-state index in [1.165, 1.54) is 0 Å². The van der Waals surface area contributed by atoms with Crippen LogP contribution in [0, 0.1) is 5.92 Å². The Bertz CT molecular complexity index is 617. The number of anilines is 1. The lowest BCUT2D eigenvalue weighted by molar-refractivity contribution is -0.149. The number of amides is 1. The molecular formula is C19H29IN4O3. The monoisotopic (exact) mass is 488 g/mol. The van der Waals surface area contributed by atoms with E-state index in [9.17, 15) is 9.59 Å². The first-order valence-electron chi connectivity index (χ1n) is 9.18. The quantitative estimate of drug-likeness (QED) is 0.278. The molecule has 8 heteroatoms. The Hall–Kier alpha value is -1.84. The first-order valence-corrected chi connectivity index (χ1v) is 9.18. The second kappa shape index (κ2) is 12.5. The Morgan fingerprint density at radius 2 is 1.85 bits per heavy atom. The molecule has 1 aromatic carbocycles. The molecule has 1 saturated heterocycles. The molecule has 1 aliphatic rings. The summed E-state index contributed by atoms with van der Waals surface area (Å²) in [4.78, 5) is 30.5. The summed E-state index contributed by atoms with van der Waals surface area (Å²) in [7, 11) is 0. The van der Waals surface area contributed by atoms with Gasteiger partial charge in [-0.3, -0.25) is 9.59 Å². The van der Waals surface area contributed by atoms with Gasteiger partial charge in [-0.25, -0.2) is 4.99 Å². The lowest BCUT2D eigenvalue weighted by Crippen LogP contribution is -2.47. The Morgan fingerprint density at radius 3 is 2.44 bits per heavy atom. The smallest absolute Gasteiger partial charge is 0.309 e. The number of carbonyl (C=O) groups excluding carboxylic acids is 2. The second-order valence-corrected chi connectivity index (χ2v) is 6.10. The zero-order chi connectivity index (χ0) is 18.8. The van der Waals surface area contributed by atoms with Crippen molar-refractivity contribution < 1.29 is 14.3 Å². The number of hydrogen-bond acceptors (Lipinski definition) is 4. The molecule has 0 radical (unpaired) electrons. The number of nitrogens with zero attached hydrogens (tertiary/aromatic N) is 2. The number of benzene rings is 1. The van der Waals surface area contributed by atoms with E-state index in [4.69, 9.17) is 4.74 Å². The van der Waals surface area contributed by atoms with E-state index in [1.807, 2.05) is 44.2 Å². The number of piperidine rings is 1. The van der Waals surface area contributed by atoms with Gasteiger partial charge in [-0.15, -0.1) is 24.0 Å². The molecule has 0 atom stereocenters. The Balaban J connectivity index is 0.00000364. The molecule has 0 spiro atoms. The third-order valence-corrected chi connectivity index (χ3v) is 4.18. The maximum absolute atomic E-state index is 12.1. The van der Waals surface area contributed by atoms with E-state index < -0.39 is 0 Å². The summed E-state index contributed by atoms with van der Waals surface area (Å²) in [6.07, 6.45) is 1.47. The van der Waals surface area contributed by atoms with Gasteiger partial charge >= 0.3 is 5.97 Å². The van der Waals surface area contributed by atoms with E-state index in [-0.39, 0.29) is 48.3 Å². The van der Waals surface area contributed by atoms with Crippen LogP contribution < -0.4 is 10.6 Å². The molecular weight excluding hydrogens is 459 g/mol. The molecule has 7 nitrogen and oxygen atoms in total. The van der Waals surface area contributed by atoms with Gasteiger partial charge in [-0.2, -0.15) is 0 Å². The van der Waals surface area contributed by atoms with Crippen molar-refractivity contribution in [1.29, 1.82) is 0 Å². The fraction of sp³-hybridized carbons (Fsp3) is 0.526. The third-order valence-electron chi connectivity index (χ3n) is 4.18. The number of guanidine groups is 1. The molecule has 1 fully saturated rings. The molecule has 0 saturated carbocycles. The van der Waals surface area contributed by atoms with Gasteiger partial charge in [0.1, 0.15) is 6.54 Å². The first kappa shape index (κ1) is 23.2. The molecule has 1 aromatic rings. The van der Waals surface area contributed by atoms with E-state index >= 15 is 0 Å². The minimum Gasteiger partial charge on any atom is -0.466 e. The van der Waals surface area contributed by atoms with Crippen LogP contribution in [0.25, 0.3) is 0 Å². The summed E-state index contributed by atoms with van der Waals surface area (Å²) in [5.74, 6) is 0.387. The lowest BCUT2D eigenvalue weighted by atomic mass is 9.97. The Morgan fingerprint density at radius 1 is 1.19 bits per heavy atom. The zero-order valence-electron chi connectivity index (χ0n) is 15.9. The number of halogens is 1. The van der Waals surface area contributed by atoms with E-state index in [2.05, 4.69) is 20.5 Å². The minimum atomic E-state index is -0.159. The highest BCUT2D eigenvalue weighted by Crippen LogP contribution is 2.18. The maximum Gasteiger partial charge on any atom is 0.309 e. The van der Waals surface area contributed by atoms with Crippen LogP contribution >= 0.6 is 24.0 Å². The lowest BCUT2D eigenvalue weighted by Gasteiger charge is -2.33. The molecule has 0 bridgehead atoms. The molecule has 0 unspecified atom stereocenters.